The van der Waals surface area contributed by atoms with E-state index in [0.717, 1.165) is 5.03 Å². The van der Waals surface area contributed by atoms with E-state index >= 15 is 0 Å². The van der Waals surface area contributed by atoms with Crippen LogP contribution >= 0.6 is 11.8 Å². The first-order valence-corrected chi connectivity index (χ1v) is 6.38. The summed E-state index contributed by atoms with van der Waals surface area (Å²) in [6, 6.07) is 3.57. The predicted molar refractivity (Wildman–Crippen MR) is 62.5 cm³/mol. The fourth-order valence-electron chi connectivity index (χ4n) is 1.74. The number of hydrogen-bond acceptors (Lipinski definition) is 4. The topological polar surface area (TPSA) is 53.4 Å². The summed E-state index contributed by atoms with van der Waals surface area (Å²) >= 11 is 1.47. The quantitative estimate of drug-likeness (QED) is 0.794. The first-order chi connectivity index (χ1) is 7.76. The number of likely N-dealkylation sites (tertiary alicyclic amines) is 1. The number of pyridine rings is 1. The number of hydrogen-bond donors (Lipinski definition) is 1. The first kappa shape index (κ1) is 11.4. The van der Waals surface area contributed by atoms with Crippen molar-refractivity contribution >= 4 is 17.7 Å². The second-order valence-corrected chi connectivity index (χ2v) is 4.61. The number of thioether (sulfide) groups is 1. The van der Waals surface area contributed by atoms with Crippen molar-refractivity contribution in [2.75, 3.05) is 26.0 Å². The fourth-order valence-corrected chi connectivity index (χ4v) is 2.28. The molecule has 0 bridgehead atoms. The minimum atomic E-state index is 0.0159. The van der Waals surface area contributed by atoms with E-state index in [2.05, 4.69) is 4.98 Å². The zero-order chi connectivity index (χ0) is 11.5. The Morgan fingerprint density at radius 3 is 3.06 bits per heavy atom. The molecule has 0 aromatic carbocycles. The number of nitrogens with zero attached hydrogens (tertiary/aromatic N) is 2. The number of carbonyl (C=O) groups is 1. The van der Waals surface area contributed by atoms with Crippen molar-refractivity contribution < 1.29 is 9.90 Å². The summed E-state index contributed by atoms with van der Waals surface area (Å²) in [5.41, 5.74) is 0.659. The van der Waals surface area contributed by atoms with Crippen LogP contribution in [0.25, 0.3) is 0 Å². The monoisotopic (exact) mass is 238 g/mol. The number of rotatable bonds is 3. The highest BCUT2D eigenvalue weighted by Crippen LogP contribution is 2.23. The second kappa shape index (κ2) is 4.84. The van der Waals surface area contributed by atoms with Crippen LogP contribution in [0.2, 0.25) is 0 Å². The van der Waals surface area contributed by atoms with E-state index in [1.165, 1.54) is 11.8 Å². The van der Waals surface area contributed by atoms with Gasteiger partial charge in [0.25, 0.3) is 5.91 Å². The molecule has 1 amide bonds. The molecule has 1 aromatic rings. The molecule has 1 aliphatic rings. The maximum Gasteiger partial charge on any atom is 0.256 e. The molecule has 1 N–H and O–H groups in total. The van der Waals surface area contributed by atoms with Crippen LogP contribution < -0.4 is 0 Å². The van der Waals surface area contributed by atoms with Crippen LogP contribution in [-0.4, -0.2) is 46.8 Å². The van der Waals surface area contributed by atoms with Crippen molar-refractivity contribution in [2.45, 2.75) is 5.03 Å². The highest BCUT2D eigenvalue weighted by atomic mass is 32.2. The van der Waals surface area contributed by atoms with Gasteiger partial charge in [0, 0.05) is 31.8 Å². The average Bonchev–Trinajstić information content (AvgIpc) is 2.27. The van der Waals surface area contributed by atoms with Crippen molar-refractivity contribution in [1.82, 2.24) is 9.88 Å². The maximum atomic E-state index is 12.1. The molecule has 2 rings (SSSR count). The molecule has 0 spiro atoms. The first-order valence-electron chi connectivity index (χ1n) is 5.15. The summed E-state index contributed by atoms with van der Waals surface area (Å²) in [5, 5.41) is 9.67. The number of carbonyl (C=O) groups excluding carboxylic acids is 1. The van der Waals surface area contributed by atoms with E-state index in [9.17, 15) is 4.79 Å². The summed E-state index contributed by atoms with van der Waals surface area (Å²) in [7, 11) is 0. The third-order valence-electron chi connectivity index (χ3n) is 2.70. The molecule has 1 aromatic heterocycles. The van der Waals surface area contributed by atoms with Crippen LogP contribution in [0.5, 0.6) is 0 Å². The number of aliphatic hydroxyl groups excluding tert-OH is 1. The zero-order valence-corrected chi connectivity index (χ0v) is 9.91. The van der Waals surface area contributed by atoms with Gasteiger partial charge in [-0.1, -0.05) is 0 Å². The Kier molecular flexibility index (Phi) is 3.46. The number of aromatic nitrogens is 1. The van der Waals surface area contributed by atoms with Gasteiger partial charge in [0.1, 0.15) is 5.03 Å². The lowest BCUT2D eigenvalue weighted by atomic mass is 10.0. The van der Waals surface area contributed by atoms with Crippen molar-refractivity contribution in [1.29, 1.82) is 0 Å². The van der Waals surface area contributed by atoms with Crippen LogP contribution in [0.3, 0.4) is 0 Å². The lowest BCUT2D eigenvalue weighted by Crippen LogP contribution is -2.51. The van der Waals surface area contributed by atoms with Crippen molar-refractivity contribution in [2.24, 2.45) is 5.92 Å². The van der Waals surface area contributed by atoms with E-state index in [-0.39, 0.29) is 18.4 Å². The number of amides is 1. The third kappa shape index (κ3) is 2.05. The largest absolute Gasteiger partial charge is 0.396 e. The SMILES string of the molecule is CSc1ncccc1C(=O)N1CC(CO)C1. The molecule has 0 radical (unpaired) electrons. The van der Waals surface area contributed by atoms with Crippen LogP contribution in [0.15, 0.2) is 23.4 Å². The Morgan fingerprint density at radius 1 is 1.69 bits per heavy atom. The van der Waals surface area contributed by atoms with Gasteiger partial charge < -0.3 is 10.0 Å². The molecule has 0 aliphatic carbocycles. The maximum absolute atomic E-state index is 12.1. The van der Waals surface area contributed by atoms with E-state index in [1.807, 2.05) is 6.26 Å². The summed E-state index contributed by atoms with van der Waals surface area (Å²) in [6.07, 6.45) is 3.60. The van der Waals surface area contributed by atoms with Gasteiger partial charge in [-0.15, -0.1) is 11.8 Å². The van der Waals surface area contributed by atoms with E-state index in [1.54, 1.807) is 23.2 Å². The molecule has 86 valence electrons. The van der Waals surface area contributed by atoms with Crippen molar-refractivity contribution in [3.63, 3.8) is 0 Å². The summed E-state index contributed by atoms with van der Waals surface area (Å²) in [4.78, 5) is 18.0. The molecule has 2 heterocycles. The Bertz CT molecular complexity index is 391. The van der Waals surface area contributed by atoms with Gasteiger partial charge in [0.05, 0.1) is 5.56 Å². The fraction of sp³-hybridized carbons (Fsp3) is 0.455. The highest BCUT2D eigenvalue weighted by Gasteiger charge is 2.31. The second-order valence-electron chi connectivity index (χ2n) is 3.82. The molecule has 0 atom stereocenters. The van der Waals surface area contributed by atoms with Gasteiger partial charge >= 0.3 is 0 Å². The van der Waals surface area contributed by atoms with Gasteiger partial charge in [0.15, 0.2) is 0 Å². The molecule has 4 nitrogen and oxygen atoms in total. The lowest BCUT2D eigenvalue weighted by Gasteiger charge is -2.38. The third-order valence-corrected chi connectivity index (χ3v) is 3.41. The summed E-state index contributed by atoms with van der Waals surface area (Å²) < 4.78 is 0. The van der Waals surface area contributed by atoms with Gasteiger partial charge in [-0.05, 0) is 18.4 Å². The predicted octanol–water partition coefficient (Wildman–Crippen LogP) is 0.868. The van der Waals surface area contributed by atoms with Crippen LogP contribution in [-0.2, 0) is 0 Å². The smallest absolute Gasteiger partial charge is 0.256 e. The normalized spacial score (nSPS) is 16.0. The summed E-state index contributed by atoms with van der Waals surface area (Å²) in [6.45, 7) is 1.46. The van der Waals surface area contributed by atoms with Crippen LogP contribution in [0, 0.1) is 5.92 Å². The van der Waals surface area contributed by atoms with E-state index in [4.69, 9.17) is 5.11 Å². The molecule has 1 saturated heterocycles. The molecule has 5 heteroatoms. The van der Waals surface area contributed by atoms with Gasteiger partial charge in [-0.25, -0.2) is 4.98 Å². The molecular weight excluding hydrogens is 224 g/mol. The van der Waals surface area contributed by atoms with Gasteiger partial charge in [0.2, 0.25) is 0 Å². The van der Waals surface area contributed by atoms with Crippen LogP contribution in [0.4, 0.5) is 0 Å². The molecular formula is C11H14N2O2S. The van der Waals surface area contributed by atoms with Gasteiger partial charge in [-0.3, -0.25) is 4.79 Å². The van der Waals surface area contributed by atoms with Gasteiger partial charge in [-0.2, -0.15) is 0 Å². The van der Waals surface area contributed by atoms with Crippen LogP contribution in [0.1, 0.15) is 10.4 Å². The lowest BCUT2D eigenvalue weighted by molar-refractivity contribution is 0.0358. The Labute approximate surface area is 98.7 Å². The minimum Gasteiger partial charge on any atom is -0.396 e. The Morgan fingerprint density at radius 2 is 2.44 bits per heavy atom. The zero-order valence-electron chi connectivity index (χ0n) is 9.09. The average molecular weight is 238 g/mol. The standard InChI is InChI=1S/C11H14N2O2S/c1-16-10-9(3-2-4-12-10)11(15)13-5-8(6-13)7-14/h2-4,8,14H,5-7H2,1H3. The Balaban J connectivity index is 2.10. The number of aliphatic hydroxyl groups is 1. The van der Waals surface area contributed by atoms with E-state index < -0.39 is 0 Å². The molecule has 16 heavy (non-hydrogen) atoms. The van der Waals surface area contributed by atoms with E-state index in [0.29, 0.717) is 18.7 Å². The van der Waals surface area contributed by atoms with Crippen molar-refractivity contribution in [3.05, 3.63) is 23.9 Å². The Hall–Kier alpha value is -1.07. The molecule has 1 fully saturated rings. The highest BCUT2D eigenvalue weighted by molar-refractivity contribution is 7.98. The minimum absolute atomic E-state index is 0.0159. The molecule has 0 unspecified atom stereocenters. The molecule has 1 aliphatic heterocycles. The summed E-state index contributed by atoms with van der Waals surface area (Å²) in [5.74, 6) is 0.264. The van der Waals surface area contributed by atoms with Crippen molar-refractivity contribution in [3.8, 4) is 0 Å². The molecule has 0 saturated carbocycles.